The second kappa shape index (κ2) is 6.38. The van der Waals surface area contributed by atoms with Gasteiger partial charge in [-0.2, -0.15) is 0 Å². The SMILES string of the molecule is CN(CC1CCCO1)C(=O)Nc1ccc(C(=O)O)cc1. The number of aromatic carboxylic acids is 1. The van der Waals surface area contributed by atoms with Crippen LogP contribution in [0.15, 0.2) is 24.3 Å². The van der Waals surface area contributed by atoms with Crippen molar-refractivity contribution in [3.8, 4) is 0 Å². The van der Waals surface area contributed by atoms with Gasteiger partial charge in [-0.3, -0.25) is 0 Å². The molecular formula is C14H18N2O4. The summed E-state index contributed by atoms with van der Waals surface area (Å²) in [5, 5.41) is 11.5. The molecule has 1 atom stereocenters. The minimum atomic E-state index is -0.988. The smallest absolute Gasteiger partial charge is 0.335 e. The number of rotatable bonds is 4. The van der Waals surface area contributed by atoms with Gasteiger partial charge in [0, 0.05) is 25.9 Å². The highest BCUT2D eigenvalue weighted by Crippen LogP contribution is 2.14. The molecule has 0 spiro atoms. The first-order valence-electron chi connectivity index (χ1n) is 6.53. The summed E-state index contributed by atoms with van der Waals surface area (Å²) in [5.74, 6) is -0.988. The van der Waals surface area contributed by atoms with Crippen LogP contribution in [0.5, 0.6) is 0 Å². The Morgan fingerprint density at radius 2 is 2.10 bits per heavy atom. The average Bonchev–Trinajstić information content (AvgIpc) is 2.92. The topological polar surface area (TPSA) is 78.9 Å². The Kier molecular flexibility index (Phi) is 4.57. The Morgan fingerprint density at radius 1 is 1.40 bits per heavy atom. The largest absolute Gasteiger partial charge is 0.478 e. The van der Waals surface area contributed by atoms with Crippen LogP contribution in [0.3, 0.4) is 0 Å². The van der Waals surface area contributed by atoms with Crippen molar-refractivity contribution in [2.24, 2.45) is 0 Å². The molecular weight excluding hydrogens is 260 g/mol. The van der Waals surface area contributed by atoms with Crippen molar-refractivity contribution in [3.05, 3.63) is 29.8 Å². The number of urea groups is 1. The lowest BCUT2D eigenvalue weighted by molar-refractivity contribution is 0.0697. The Hall–Kier alpha value is -2.08. The number of amides is 2. The van der Waals surface area contributed by atoms with Gasteiger partial charge in [-0.1, -0.05) is 0 Å². The Morgan fingerprint density at radius 3 is 2.65 bits per heavy atom. The average molecular weight is 278 g/mol. The number of hydrogen-bond acceptors (Lipinski definition) is 3. The first-order valence-corrected chi connectivity index (χ1v) is 6.53. The maximum atomic E-state index is 12.0. The first kappa shape index (κ1) is 14.3. The van der Waals surface area contributed by atoms with Crippen LogP contribution in [-0.4, -0.2) is 48.3 Å². The number of carbonyl (C=O) groups is 2. The van der Waals surface area contributed by atoms with Gasteiger partial charge >= 0.3 is 12.0 Å². The highest BCUT2D eigenvalue weighted by molar-refractivity contribution is 5.91. The number of benzene rings is 1. The van der Waals surface area contributed by atoms with Gasteiger partial charge in [0.05, 0.1) is 11.7 Å². The molecule has 20 heavy (non-hydrogen) atoms. The van der Waals surface area contributed by atoms with E-state index in [4.69, 9.17) is 9.84 Å². The van der Waals surface area contributed by atoms with Crippen molar-refractivity contribution in [1.29, 1.82) is 0 Å². The van der Waals surface area contributed by atoms with E-state index in [0.29, 0.717) is 12.2 Å². The molecule has 6 nitrogen and oxygen atoms in total. The minimum absolute atomic E-state index is 0.111. The van der Waals surface area contributed by atoms with Crippen LogP contribution in [0.25, 0.3) is 0 Å². The van der Waals surface area contributed by atoms with E-state index in [1.165, 1.54) is 12.1 Å². The molecule has 6 heteroatoms. The van der Waals surface area contributed by atoms with Gasteiger partial charge in [-0.15, -0.1) is 0 Å². The van der Waals surface area contributed by atoms with Gasteiger partial charge < -0.3 is 20.1 Å². The molecule has 1 aromatic rings. The third-order valence-corrected chi connectivity index (χ3v) is 3.23. The molecule has 2 N–H and O–H groups in total. The van der Waals surface area contributed by atoms with Gasteiger partial charge in [-0.25, -0.2) is 9.59 Å². The molecule has 2 amide bonds. The van der Waals surface area contributed by atoms with Gasteiger partial charge in [0.15, 0.2) is 0 Å². The van der Waals surface area contributed by atoms with Crippen LogP contribution < -0.4 is 5.32 Å². The molecule has 0 radical (unpaired) electrons. The lowest BCUT2D eigenvalue weighted by Crippen LogP contribution is -2.37. The second-order valence-corrected chi connectivity index (χ2v) is 4.83. The molecule has 1 saturated heterocycles. The summed E-state index contributed by atoms with van der Waals surface area (Å²) in [6.07, 6.45) is 2.13. The molecule has 1 aliphatic heterocycles. The summed E-state index contributed by atoms with van der Waals surface area (Å²) in [7, 11) is 1.71. The van der Waals surface area contributed by atoms with E-state index in [9.17, 15) is 9.59 Å². The molecule has 0 aliphatic carbocycles. The highest BCUT2D eigenvalue weighted by atomic mass is 16.5. The van der Waals surface area contributed by atoms with Crippen LogP contribution in [0.2, 0.25) is 0 Å². The van der Waals surface area contributed by atoms with E-state index >= 15 is 0 Å². The number of hydrogen-bond donors (Lipinski definition) is 2. The fourth-order valence-electron chi connectivity index (χ4n) is 2.09. The minimum Gasteiger partial charge on any atom is -0.478 e. The van der Waals surface area contributed by atoms with Crippen molar-refractivity contribution >= 4 is 17.7 Å². The molecule has 1 unspecified atom stereocenters. The van der Waals surface area contributed by atoms with Crippen molar-refractivity contribution in [2.75, 3.05) is 25.5 Å². The first-order chi connectivity index (χ1) is 9.56. The van der Waals surface area contributed by atoms with Crippen molar-refractivity contribution in [3.63, 3.8) is 0 Å². The number of carbonyl (C=O) groups excluding carboxylic acids is 1. The zero-order valence-corrected chi connectivity index (χ0v) is 11.3. The predicted octanol–water partition coefficient (Wildman–Crippen LogP) is 2.03. The second-order valence-electron chi connectivity index (χ2n) is 4.83. The molecule has 108 valence electrons. The number of carboxylic acids is 1. The summed E-state index contributed by atoms with van der Waals surface area (Å²) in [6, 6.07) is 5.82. The zero-order valence-electron chi connectivity index (χ0n) is 11.3. The maximum absolute atomic E-state index is 12.0. The lowest BCUT2D eigenvalue weighted by Gasteiger charge is -2.21. The molecule has 1 aromatic carbocycles. The third kappa shape index (κ3) is 3.71. The standard InChI is InChI=1S/C14H18N2O4/c1-16(9-12-3-2-8-20-12)14(19)15-11-6-4-10(5-7-11)13(17)18/h4-7,12H,2-3,8-9H2,1H3,(H,15,19)(H,17,18). The summed E-state index contributed by atoms with van der Waals surface area (Å²) < 4.78 is 5.48. The molecule has 0 bridgehead atoms. The fraction of sp³-hybridized carbons (Fsp3) is 0.429. The molecule has 2 rings (SSSR count). The van der Waals surface area contributed by atoms with E-state index in [1.807, 2.05) is 0 Å². The lowest BCUT2D eigenvalue weighted by atomic mass is 10.2. The maximum Gasteiger partial charge on any atom is 0.335 e. The van der Waals surface area contributed by atoms with Gasteiger partial charge in [0.2, 0.25) is 0 Å². The zero-order chi connectivity index (χ0) is 14.5. The fourth-order valence-corrected chi connectivity index (χ4v) is 2.09. The summed E-state index contributed by atoms with van der Waals surface area (Å²) in [6.45, 7) is 1.32. The van der Waals surface area contributed by atoms with Gasteiger partial charge in [0.25, 0.3) is 0 Å². The van der Waals surface area contributed by atoms with Crippen LogP contribution >= 0.6 is 0 Å². The van der Waals surface area contributed by atoms with Crippen molar-refractivity contribution < 1.29 is 19.4 Å². The van der Waals surface area contributed by atoms with E-state index in [-0.39, 0.29) is 17.7 Å². The Balaban J connectivity index is 1.87. The number of ether oxygens (including phenoxy) is 1. The van der Waals surface area contributed by atoms with Gasteiger partial charge in [0.1, 0.15) is 0 Å². The summed E-state index contributed by atoms with van der Waals surface area (Å²) in [4.78, 5) is 24.3. The predicted molar refractivity (Wildman–Crippen MR) is 74.0 cm³/mol. The molecule has 1 heterocycles. The van der Waals surface area contributed by atoms with Crippen LogP contribution in [0.1, 0.15) is 23.2 Å². The number of nitrogens with one attached hydrogen (secondary N) is 1. The van der Waals surface area contributed by atoms with E-state index in [1.54, 1.807) is 24.1 Å². The Bertz CT molecular complexity index is 480. The summed E-state index contributed by atoms with van der Waals surface area (Å²) >= 11 is 0. The molecule has 0 saturated carbocycles. The number of anilines is 1. The van der Waals surface area contributed by atoms with Crippen molar-refractivity contribution in [1.82, 2.24) is 4.90 Å². The van der Waals surface area contributed by atoms with Crippen LogP contribution in [0, 0.1) is 0 Å². The third-order valence-electron chi connectivity index (χ3n) is 3.23. The Labute approximate surface area is 117 Å². The number of likely N-dealkylation sites (N-methyl/N-ethyl adjacent to an activating group) is 1. The number of carboxylic acid groups (broad SMARTS) is 1. The molecule has 0 aromatic heterocycles. The van der Waals surface area contributed by atoms with E-state index in [2.05, 4.69) is 5.32 Å². The molecule has 1 aliphatic rings. The van der Waals surface area contributed by atoms with Crippen LogP contribution in [-0.2, 0) is 4.74 Å². The number of nitrogens with zero attached hydrogens (tertiary/aromatic N) is 1. The van der Waals surface area contributed by atoms with Crippen molar-refractivity contribution in [2.45, 2.75) is 18.9 Å². The van der Waals surface area contributed by atoms with Gasteiger partial charge in [-0.05, 0) is 37.1 Å². The highest BCUT2D eigenvalue weighted by Gasteiger charge is 2.20. The van der Waals surface area contributed by atoms with E-state index in [0.717, 1.165) is 19.4 Å². The van der Waals surface area contributed by atoms with E-state index < -0.39 is 5.97 Å². The summed E-state index contributed by atoms with van der Waals surface area (Å²) in [5.41, 5.74) is 0.759. The normalized spacial score (nSPS) is 17.8. The van der Waals surface area contributed by atoms with Crippen LogP contribution in [0.4, 0.5) is 10.5 Å². The monoisotopic (exact) mass is 278 g/mol. The molecule has 1 fully saturated rings. The quantitative estimate of drug-likeness (QED) is 0.883.